The summed E-state index contributed by atoms with van der Waals surface area (Å²) in [5.41, 5.74) is 1.30. The normalized spacial score (nSPS) is 9.43. The van der Waals surface area contributed by atoms with Gasteiger partial charge in [0.1, 0.15) is 12.4 Å². The lowest BCUT2D eigenvalue weighted by Crippen LogP contribution is -2.20. The van der Waals surface area contributed by atoms with E-state index < -0.39 is 11.8 Å². The average molecular weight is 284 g/mol. The summed E-state index contributed by atoms with van der Waals surface area (Å²) in [5, 5.41) is 13.9. The Hall–Kier alpha value is -2.84. The highest BCUT2D eigenvalue weighted by Crippen LogP contribution is 2.16. The van der Waals surface area contributed by atoms with Gasteiger partial charge >= 0.3 is 6.03 Å². The van der Waals surface area contributed by atoms with Crippen LogP contribution < -0.4 is 10.6 Å². The van der Waals surface area contributed by atoms with Crippen LogP contribution in [-0.4, -0.2) is 17.7 Å². The Morgan fingerprint density at radius 3 is 2.62 bits per heavy atom. The minimum atomic E-state index is -0.466. The van der Waals surface area contributed by atoms with Gasteiger partial charge < -0.3 is 15.7 Å². The van der Waals surface area contributed by atoms with Gasteiger partial charge in [-0.05, 0) is 30.3 Å². The zero-order valence-corrected chi connectivity index (χ0v) is 11.1. The molecule has 0 saturated heterocycles. The van der Waals surface area contributed by atoms with Crippen LogP contribution in [0.25, 0.3) is 0 Å². The molecule has 0 atom stereocenters. The Balaban J connectivity index is 2.13. The van der Waals surface area contributed by atoms with Gasteiger partial charge in [-0.3, -0.25) is 0 Å². The molecule has 2 rings (SSSR count). The van der Waals surface area contributed by atoms with E-state index in [9.17, 15) is 9.18 Å². The van der Waals surface area contributed by atoms with Crippen LogP contribution in [0.4, 0.5) is 20.6 Å². The topological polar surface area (TPSA) is 61.4 Å². The largest absolute Gasteiger partial charge is 0.384 e. The molecule has 21 heavy (non-hydrogen) atoms. The predicted octanol–water partition coefficient (Wildman–Crippen LogP) is 2.81. The van der Waals surface area contributed by atoms with Crippen LogP contribution in [0.1, 0.15) is 5.56 Å². The number of carbonyl (C=O) groups excluding carboxylic acids is 1. The summed E-state index contributed by atoms with van der Waals surface area (Å²) < 4.78 is 13.2. The van der Waals surface area contributed by atoms with Gasteiger partial charge in [0, 0.05) is 5.69 Å². The maximum absolute atomic E-state index is 13.2. The van der Waals surface area contributed by atoms with Gasteiger partial charge in [-0.2, -0.15) is 0 Å². The van der Waals surface area contributed by atoms with Crippen molar-refractivity contribution in [2.24, 2.45) is 0 Å². The molecule has 0 saturated carbocycles. The van der Waals surface area contributed by atoms with Crippen LogP contribution in [0, 0.1) is 17.7 Å². The second kappa shape index (κ2) is 7.08. The minimum absolute atomic E-state index is 0.298. The van der Waals surface area contributed by atoms with Crippen molar-refractivity contribution in [3.05, 3.63) is 59.9 Å². The number of rotatable bonds is 2. The van der Waals surface area contributed by atoms with Gasteiger partial charge in [0.05, 0.1) is 11.3 Å². The Labute approximate surface area is 121 Å². The highest BCUT2D eigenvalue weighted by atomic mass is 19.1. The Morgan fingerprint density at radius 2 is 1.90 bits per heavy atom. The van der Waals surface area contributed by atoms with Gasteiger partial charge in [-0.1, -0.05) is 30.0 Å². The number of halogens is 1. The van der Waals surface area contributed by atoms with Crippen molar-refractivity contribution in [3.8, 4) is 11.8 Å². The number of benzene rings is 2. The molecule has 0 aromatic heterocycles. The SMILES string of the molecule is O=C(Nc1ccccc1)Nc1ccc(F)cc1C#CCO. The number of para-hydroxylation sites is 1. The standard InChI is InChI=1S/C16H13FN2O2/c17-13-8-9-15(12(11-13)5-4-10-20)19-16(21)18-14-6-2-1-3-7-14/h1-3,6-9,11,20H,10H2,(H2,18,19,21). The lowest BCUT2D eigenvalue weighted by atomic mass is 10.1. The van der Waals surface area contributed by atoms with Crippen molar-refractivity contribution in [1.82, 2.24) is 0 Å². The first-order valence-corrected chi connectivity index (χ1v) is 6.21. The van der Waals surface area contributed by atoms with Gasteiger partial charge in [-0.25, -0.2) is 9.18 Å². The fraction of sp³-hybridized carbons (Fsp3) is 0.0625. The maximum Gasteiger partial charge on any atom is 0.323 e. The molecule has 0 heterocycles. The number of aliphatic hydroxyl groups is 1. The summed E-state index contributed by atoms with van der Waals surface area (Å²) in [7, 11) is 0. The number of aliphatic hydroxyl groups excluding tert-OH is 1. The summed E-state index contributed by atoms with van der Waals surface area (Å²) >= 11 is 0. The van der Waals surface area contributed by atoms with E-state index in [2.05, 4.69) is 22.5 Å². The van der Waals surface area contributed by atoms with E-state index in [1.54, 1.807) is 24.3 Å². The molecule has 0 aliphatic rings. The molecule has 2 aromatic carbocycles. The highest BCUT2D eigenvalue weighted by molar-refractivity contribution is 6.00. The first kappa shape index (κ1) is 14.6. The van der Waals surface area contributed by atoms with Crippen molar-refractivity contribution in [3.63, 3.8) is 0 Å². The third-order valence-corrected chi connectivity index (χ3v) is 2.56. The Bertz CT molecular complexity index is 690. The van der Waals surface area contributed by atoms with Crippen molar-refractivity contribution in [1.29, 1.82) is 0 Å². The van der Waals surface area contributed by atoms with Gasteiger partial charge in [0.25, 0.3) is 0 Å². The minimum Gasteiger partial charge on any atom is -0.384 e. The third-order valence-electron chi connectivity index (χ3n) is 2.56. The van der Waals surface area contributed by atoms with E-state index >= 15 is 0 Å². The number of urea groups is 1. The molecule has 2 aromatic rings. The smallest absolute Gasteiger partial charge is 0.323 e. The van der Waals surface area contributed by atoms with E-state index in [-0.39, 0.29) is 6.61 Å². The van der Waals surface area contributed by atoms with E-state index in [4.69, 9.17) is 5.11 Å². The maximum atomic E-state index is 13.2. The first-order chi connectivity index (χ1) is 10.2. The average Bonchev–Trinajstić information content (AvgIpc) is 2.48. The number of nitrogens with one attached hydrogen (secondary N) is 2. The van der Waals surface area contributed by atoms with E-state index in [1.807, 2.05) is 6.07 Å². The molecule has 0 aliphatic carbocycles. The lowest BCUT2D eigenvalue weighted by molar-refractivity contribution is 0.262. The van der Waals surface area contributed by atoms with Crippen molar-refractivity contribution >= 4 is 17.4 Å². The Kier molecular flexibility index (Phi) is 4.91. The molecule has 0 fully saturated rings. The second-order valence-corrected chi connectivity index (χ2v) is 4.09. The third kappa shape index (κ3) is 4.34. The van der Waals surface area contributed by atoms with E-state index in [1.165, 1.54) is 18.2 Å². The molecule has 5 heteroatoms. The summed E-state index contributed by atoms with van der Waals surface area (Å²) in [4.78, 5) is 11.9. The summed E-state index contributed by atoms with van der Waals surface area (Å²) in [6.07, 6.45) is 0. The molecule has 4 nitrogen and oxygen atoms in total. The molecule has 0 unspecified atom stereocenters. The highest BCUT2D eigenvalue weighted by Gasteiger charge is 2.07. The molecule has 0 spiro atoms. The molecule has 0 bridgehead atoms. The van der Waals surface area contributed by atoms with E-state index in [0.29, 0.717) is 16.9 Å². The van der Waals surface area contributed by atoms with Gasteiger partial charge in [0.15, 0.2) is 0 Å². The van der Waals surface area contributed by atoms with Crippen LogP contribution in [-0.2, 0) is 0 Å². The van der Waals surface area contributed by atoms with Crippen LogP contribution in [0.3, 0.4) is 0 Å². The number of anilines is 2. The van der Waals surface area contributed by atoms with Gasteiger partial charge in [0.2, 0.25) is 0 Å². The van der Waals surface area contributed by atoms with E-state index in [0.717, 1.165) is 0 Å². The lowest BCUT2D eigenvalue weighted by Gasteiger charge is -2.09. The molecule has 2 amide bonds. The predicted molar refractivity (Wildman–Crippen MR) is 79.4 cm³/mol. The molecule has 106 valence electrons. The molecule has 3 N–H and O–H groups in total. The number of hydrogen-bond acceptors (Lipinski definition) is 2. The van der Waals surface area contributed by atoms with Crippen LogP contribution in [0.2, 0.25) is 0 Å². The van der Waals surface area contributed by atoms with Crippen molar-refractivity contribution in [2.75, 3.05) is 17.2 Å². The quantitative estimate of drug-likeness (QED) is 0.743. The monoisotopic (exact) mass is 284 g/mol. The number of hydrogen-bond donors (Lipinski definition) is 3. The summed E-state index contributed by atoms with van der Waals surface area (Å²) in [6, 6.07) is 12.3. The number of amides is 2. The molecule has 0 aliphatic heterocycles. The fourth-order valence-corrected chi connectivity index (χ4v) is 1.67. The zero-order chi connectivity index (χ0) is 15.1. The second-order valence-electron chi connectivity index (χ2n) is 4.09. The molecular weight excluding hydrogens is 271 g/mol. The Morgan fingerprint density at radius 1 is 1.14 bits per heavy atom. The van der Waals surface area contributed by atoms with Crippen LogP contribution in [0.15, 0.2) is 48.5 Å². The zero-order valence-electron chi connectivity index (χ0n) is 11.1. The summed E-state index contributed by atoms with van der Waals surface area (Å²) in [5.74, 6) is 4.55. The number of carbonyl (C=O) groups is 1. The fourth-order valence-electron chi connectivity index (χ4n) is 1.67. The summed E-state index contributed by atoms with van der Waals surface area (Å²) in [6.45, 7) is -0.341. The van der Waals surface area contributed by atoms with Crippen molar-refractivity contribution < 1.29 is 14.3 Å². The first-order valence-electron chi connectivity index (χ1n) is 6.21. The molecule has 0 radical (unpaired) electrons. The van der Waals surface area contributed by atoms with Crippen molar-refractivity contribution in [2.45, 2.75) is 0 Å². The van der Waals surface area contributed by atoms with Crippen LogP contribution >= 0.6 is 0 Å². The van der Waals surface area contributed by atoms with Crippen LogP contribution in [0.5, 0.6) is 0 Å². The van der Waals surface area contributed by atoms with Gasteiger partial charge in [-0.15, -0.1) is 0 Å². The molecular formula is C16H13FN2O2.